The predicted molar refractivity (Wildman–Crippen MR) is 89.3 cm³/mol. The fourth-order valence-electron chi connectivity index (χ4n) is 1.78. The van der Waals surface area contributed by atoms with Gasteiger partial charge in [-0.05, 0) is 25.0 Å². The van der Waals surface area contributed by atoms with Crippen LogP contribution in [-0.4, -0.2) is 26.4 Å². The van der Waals surface area contributed by atoms with Gasteiger partial charge in [0.25, 0.3) is 0 Å². The lowest BCUT2D eigenvalue weighted by molar-refractivity contribution is 0.181. The van der Waals surface area contributed by atoms with Gasteiger partial charge in [-0.3, -0.25) is 0 Å². The van der Waals surface area contributed by atoms with Crippen LogP contribution in [0.2, 0.25) is 0 Å². The number of ether oxygens (including phenoxy) is 3. The van der Waals surface area contributed by atoms with Crippen LogP contribution >= 0.6 is 0 Å². The standard InChI is InChI=1S/C18H34O3/c1-3-5-7-9-13-19-15-11-17-21-18-12-16-20-14-10-8-6-4-2/h11-12,15-16H,3-10,13-14,17-18H2,1-2H3. The monoisotopic (exact) mass is 298 g/mol. The lowest BCUT2D eigenvalue weighted by Gasteiger charge is -2.01. The summed E-state index contributed by atoms with van der Waals surface area (Å²) in [4.78, 5) is 0. The van der Waals surface area contributed by atoms with Crippen molar-refractivity contribution in [3.63, 3.8) is 0 Å². The molecule has 0 heterocycles. The van der Waals surface area contributed by atoms with Crippen molar-refractivity contribution in [3.05, 3.63) is 24.7 Å². The van der Waals surface area contributed by atoms with Crippen molar-refractivity contribution >= 4 is 0 Å². The SMILES string of the molecule is CCCCCCOC=CCOCC=COCCCCCC. The first kappa shape index (κ1) is 20.0. The van der Waals surface area contributed by atoms with Gasteiger partial charge in [0, 0.05) is 0 Å². The molecule has 21 heavy (non-hydrogen) atoms. The minimum atomic E-state index is 0.579. The Kier molecular flexibility index (Phi) is 18.2. The van der Waals surface area contributed by atoms with Gasteiger partial charge in [0.1, 0.15) is 0 Å². The van der Waals surface area contributed by atoms with Gasteiger partial charge in [0.2, 0.25) is 0 Å². The summed E-state index contributed by atoms with van der Waals surface area (Å²) < 4.78 is 16.1. The first-order valence-electron chi connectivity index (χ1n) is 8.52. The zero-order chi connectivity index (χ0) is 15.4. The van der Waals surface area contributed by atoms with Gasteiger partial charge in [-0.2, -0.15) is 0 Å². The van der Waals surface area contributed by atoms with Gasteiger partial charge < -0.3 is 14.2 Å². The van der Waals surface area contributed by atoms with Crippen LogP contribution in [0.1, 0.15) is 65.2 Å². The van der Waals surface area contributed by atoms with E-state index in [2.05, 4.69) is 13.8 Å². The van der Waals surface area contributed by atoms with Crippen LogP contribution in [0.15, 0.2) is 24.7 Å². The predicted octanol–water partition coefficient (Wildman–Crippen LogP) is 5.22. The lowest BCUT2D eigenvalue weighted by atomic mass is 10.2. The fraction of sp³-hybridized carbons (Fsp3) is 0.778. The van der Waals surface area contributed by atoms with Crippen molar-refractivity contribution in [2.45, 2.75) is 65.2 Å². The molecule has 0 fully saturated rings. The average molecular weight is 298 g/mol. The Balaban J connectivity index is 3.13. The van der Waals surface area contributed by atoms with Gasteiger partial charge >= 0.3 is 0 Å². The molecule has 0 saturated heterocycles. The van der Waals surface area contributed by atoms with Crippen LogP contribution in [0.5, 0.6) is 0 Å². The van der Waals surface area contributed by atoms with E-state index in [4.69, 9.17) is 14.2 Å². The van der Waals surface area contributed by atoms with Crippen molar-refractivity contribution in [2.24, 2.45) is 0 Å². The summed E-state index contributed by atoms with van der Waals surface area (Å²) in [5.74, 6) is 0. The molecule has 0 rings (SSSR count). The van der Waals surface area contributed by atoms with E-state index in [-0.39, 0.29) is 0 Å². The van der Waals surface area contributed by atoms with Crippen molar-refractivity contribution in [1.29, 1.82) is 0 Å². The molecule has 3 nitrogen and oxygen atoms in total. The van der Waals surface area contributed by atoms with Crippen LogP contribution in [-0.2, 0) is 14.2 Å². The van der Waals surface area contributed by atoms with E-state index in [9.17, 15) is 0 Å². The minimum Gasteiger partial charge on any atom is -0.501 e. The minimum absolute atomic E-state index is 0.579. The number of hydrogen-bond donors (Lipinski definition) is 0. The Labute approximate surface area is 131 Å². The highest BCUT2D eigenvalue weighted by atomic mass is 16.5. The Morgan fingerprint density at radius 3 is 1.52 bits per heavy atom. The molecule has 0 aromatic heterocycles. The van der Waals surface area contributed by atoms with E-state index in [1.807, 2.05) is 12.2 Å². The van der Waals surface area contributed by atoms with Gasteiger partial charge in [-0.25, -0.2) is 0 Å². The first-order chi connectivity index (χ1) is 10.4. The summed E-state index contributed by atoms with van der Waals surface area (Å²) in [6, 6.07) is 0. The maximum absolute atomic E-state index is 5.39. The maximum Gasteiger partial charge on any atom is 0.0873 e. The number of rotatable bonds is 16. The van der Waals surface area contributed by atoms with E-state index < -0.39 is 0 Å². The van der Waals surface area contributed by atoms with E-state index in [0.717, 1.165) is 26.1 Å². The molecule has 0 unspecified atom stereocenters. The van der Waals surface area contributed by atoms with Crippen LogP contribution in [0.4, 0.5) is 0 Å². The summed E-state index contributed by atoms with van der Waals surface area (Å²) in [5.41, 5.74) is 0. The zero-order valence-corrected chi connectivity index (χ0v) is 14.0. The zero-order valence-electron chi connectivity index (χ0n) is 14.0. The van der Waals surface area contributed by atoms with Crippen molar-refractivity contribution in [2.75, 3.05) is 26.4 Å². The highest BCUT2D eigenvalue weighted by Gasteiger charge is 1.87. The molecule has 0 bridgehead atoms. The summed E-state index contributed by atoms with van der Waals surface area (Å²) in [5, 5.41) is 0. The Morgan fingerprint density at radius 1 is 0.619 bits per heavy atom. The molecule has 0 aromatic rings. The second-order valence-corrected chi connectivity index (χ2v) is 5.14. The molecule has 0 amide bonds. The summed E-state index contributed by atoms with van der Waals surface area (Å²) in [6.07, 6.45) is 17.2. The quantitative estimate of drug-likeness (QED) is 0.289. The number of unbranched alkanes of at least 4 members (excludes halogenated alkanes) is 6. The Bertz CT molecular complexity index is 213. The molecule has 0 aliphatic rings. The Hall–Kier alpha value is -0.960. The van der Waals surface area contributed by atoms with Crippen molar-refractivity contribution in [1.82, 2.24) is 0 Å². The van der Waals surface area contributed by atoms with Gasteiger partial charge in [-0.15, -0.1) is 0 Å². The molecular formula is C18H34O3. The topological polar surface area (TPSA) is 27.7 Å². The van der Waals surface area contributed by atoms with Gasteiger partial charge in [0.05, 0.1) is 39.0 Å². The lowest BCUT2D eigenvalue weighted by Crippen LogP contribution is -1.93. The largest absolute Gasteiger partial charge is 0.501 e. The normalized spacial score (nSPS) is 11.5. The van der Waals surface area contributed by atoms with E-state index >= 15 is 0 Å². The molecule has 3 heteroatoms. The highest BCUT2D eigenvalue weighted by molar-refractivity contribution is 4.76. The average Bonchev–Trinajstić information content (AvgIpc) is 2.50. The highest BCUT2D eigenvalue weighted by Crippen LogP contribution is 1.99. The van der Waals surface area contributed by atoms with Crippen LogP contribution in [0.25, 0.3) is 0 Å². The summed E-state index contributed by atoms with van der Waals surface area (Å²) in [7, 11) is 0. The second kappa shape index (κ2) is 19.0. The van der Waals surface area contributed by atoms with Crippen LogP contribution in [0.3, 0.4) is 0 Å². The van der Waals surface area contributed by atoms with Gasteiger partial charge in [0.15, 0.2) is 0 Å². The maximum atomic E-state index is 5.39. The smallest absolute Gasteiger partial charge is 0.0873 e. The third kappa shape index (κ3) is 19.0. The third-order valence-electron chi connectivity index (χ3n) is 3.04. The fourth-order valence-corrected chi connectivity index (χ4v) is 1.78. The molecule has 0 aliphatic heterocycles. The second-order valence-electron chi connectivity index (χ2n) is 5.14. The van der Waals surface area contributed by atoms with Gasteiger partial charge in [-0.1, -0.05) is 52.4 Å². The molecule has 0 saturated carbocycles. The molecule has 124 valence electrons. The van der Waals surface area contributed by atoms with Crippen LogP contribution in [0, 0.1) is 0 Å². The molecule has 0 aliphatic carbocycles. The summed E-state index contributed by atoms with van der Waals surface area (Å²) in [6.45, 7) is 7.20. The van der Waals surface area contributed by atoms with E-state index in [0.29, 0.717) is 13.2 Å². The first-order valence-corrected chi connectivity index (χ1v) is 8.52. The molecule has 0 atom stereocenters. The molecule has 0 aromatic carbocycles. The molecule has 0 radical (unpaired) electrons. The van der Waals surface area contributed by atoms with Crippen molar-refractivity contribution < 1.29 is 14.2 Å². The molecular weight excluding hydrogens is 264 g/mol. The molecule has 0 N–H and O–H groups in total. The molecule has 0 spiro atoms. The van der Waals surface area contributed by atoms with Crippen molar-refractivity contribution in [3.8, 4) is 0 Å². The van der Waals surface area contributed by atoms with E-state index in [1.54, 1.807) is 12.5 Å². The van der Waals surface area contributed by atoms with Crippen LogP contribution < -0.4 is 0 Å². The number of hydrogen-bond acceptors (Lipinski definition) is 3. The summed E-state index contributed by atoms with van der Waals surface area (Å²) >= 11 is 0. The third-order valence-corrected chi connectivity index (χ3v) is 3.04. The Morgan fingerprint density at radius 2 is 1.10 bits per heavy atom. The van der Waals surface area contributed by atoms with E-state index in [1.165, 1.54) is 38.5 Å².